The van der Waals surface area contributed by atoms with Crippen LogP contribution in [0.2, 0.25) is 0 Å². The van der Waals surface area contributed by atoms with Gasteiger partial charge in [-0.05, 0) is 31.2 Å². The maximum Gasteiger partial charge on any atom is 0.306 e. The lowest BCUT2D eigenvalue weighted by molar-refractivity contribution is -0.145. The van der Waals surface area contributed by atoms with Gasteiger partial charge in [0.25, 0.3) is 0 Å². The van der Waals surface area contributed by atoms with Crippen LogP contribution in [0.25, 0.3) is 11.3 Å². The van der Waals surface area contributed by atoms with Crippen molar-refractivity contribution in [1.82, 2.24) is 9.97 Å². The molecule has 6 nitrogen and oxygen atoms in total. The van der Waals surface area contributed by atoms with Crippen molar-refractivity contribution in [2.24, 2.45) is 0 Å². The van der Waals surface area contributed by atoms with Crippen molar-refractivity contribution in [3.63, 3.8) is 0 Å². The number of ether oxygens (including phenoxy) is 2. The molecule has 0 saturated heterocycles. The normalized spacial score (nSPS) is 10.8. The monoisotopic (exact) mass is 452 g/mol. The molecule has 2 aromatic heterocycles. The zero-order valence-corrected chi connectivity index (χ0v) is 18.2. The van der Waals surface area contributed by atoms with E-state index in [2.05, 4.69) is 9.97 Å². The summed E-state index contributed by atoms with van der Waals surface area (Å²) in [5.74, 6) is 1.06. The molecule has 4 rings (SSSR count). The standard InChI is InChI=1S/C24H21FN2O4S/c1-16-2-4-17(5-3-16)21-12-26-22(31-21)10-11-24(28)30-13-19-15-32-23(27-19)14-29-20-8-6-18(25)7-9-20/h2-9,12,15H,10-11,13-14H2,1H3. The van der Waals surface area contributed by atoms with Crippen LogP contribution in [-0.4, -0.2) is 15.9 Å². The zero-order chi connectivity index (χ0) is 22.3. The Kier molecular flexibility index (Phi) is 6.91. The molecule has 2 aromatic carbocycles. The summed E-state index contributed by atoms with van der Waals surface area (Å²) in [4.78, 5) is 20.7. The van der Waals surface area contributed by atoms with E-state index in [1.807, 2.05) is 36.6 Å². The molecule has 164 valence electrons. The van der Waals surface area contributed by atoms with Gasteiger partial charge >= 0.3 is 5.97 Å². The molecule has 32 heavy (non-hydrogen) atoms. The molecule has 2 heterocycles. The van der Waals surface area contributed by atoms with Crippen LogP contribution in [0.15, 0.2) is 64.5 Å². The third-order valence-electron chi connectivity index (χ3n) is 4.59. The Hall–Kier alpha value is -3.52. The first-order chi connectivity index (χ1) is 15.5. The maximum atomic E-state index is 12.9. The molecule has 0 spiro atoms. The van der Waals surface area contributed by atoms with Gasteiger partial charge in [-0.15, -0.1) is 11.3 Å². The van der Waals surface area contributed by atoms with Crippen LogP contribution in [0.1, 0.15) is 28.6 Å². The number of benzene rings is 2. The molecule has 0 radical (unpaired) electrons. The molecule has 0 N–H and O–H groups in total. The van der Waals surface area contributed by atoms with Crippen LogP contribution < -0.4 is 4.74 Å². The summed E-state index contributed by atoms with van der Waals surface area (Å²) in [6.07, 6.45) is 2.19. The van der Waals surface area contributed by atoms with Crippen LogP contribution in [0.3, 0.4) is 0 Å². The number of aromatic nitrogens is 2. The summed E-state index contributed by atoms with van der Waals surface area (Å²) in [6.45, 7) is 2.37. The number of esters is 1. The number of aryl methyl sites for hydroxylation is 2. The highest BCUT2D eigenvalue weighted by atomic mass is 32.1. The number of oxazole rings is 1. The summed E-state index contributed by atoms with van der Waals surface area (Å²) in [5.41, 5.74) is 2.77. The predicted octanol–water partition coefficient (Wildman–Crippen LogP) is 5.50. The Labute approximate surface area is 188 Å². The molecule has 8 heteroatoms. The fourth-order valence-corrected chi connectivity index (χ4v) is 3.56. The highest BCUT2D eigenvalue weighted by molar-refractivity contribution is 7.09. The molecule has 0 atom stereocenters. The van der Waals surface area contributed by atoms with Gasteiger partial charge in [0.05, 0.1) is 18.3 Å². The number of nitrogens with zero attached hydrogens (tertiary/aromatic N) is 2. The first kappa shape index (κ1) is 21.7. The van der Waals surface area contributed by atoms with Gasteiger partial charge < -0.3 is 13.9 Å². The number of hydrogen-bond donors (Lipinski definition) is 0. The molecule has 4 aromatic rings. The van der Waals surface area contributed by atoms with Gasteiger partial charge in [-0.2, -0.15) is 0 Å². The minimum Gasteiger partial charge on any atom is -0.486 e. The van der Waals surface area contributed by atoms with Crippen LogP contribution >= 0.6 is 11.3 Å². The maximum absolute atomic E-state index is 12.9. The van der Waals surface area contributed by atoms with Crippen molar-refractivity contribution in [3.8, 4) is 17.1 Å². The van der Waals surface area contributed by atoms with Crippen molar-refractivity contribution < 1.29 is 23.1 Å². The van der Waals surface area contributed by atoms with Crippen molar-refractivity contribution in [3.05, 3.63) is 88.1 Å². The van der Waals surface area contributed by atoms with Crippen LogP contribution in [0, 0.1) is 12.7 Å². The zero-order valence-electron chi connectivity index (χ0n) is 17.4. The molecule has 0 saturated carbocycles. The third kappa shape index (κ3) is 6.01. The smallest absolute Gasteiger partial charge is 0.306 e. The quantitative estimate of drug-likeness (QED) is 0.312. The van der Waals surface area contributed by atoms with Gasteiger partial charge in [-0.3, -0.25) is 4.79 Å². The largest absolute Gasteiger partial charge is 0.486 e. The molecule has 0 amide bonds. The molecular formula is C24H21FN2O4S. The van der Waals surface area contributed by atoms with Crippen LogP contribution in [-0.2, 0) is 29.2 Å². The number of rotatable bonds is 9. The lowest BCUT2D eigenvalue weighted by Gasteiger charge is -2.03. The Morgan fingerprint density at radius 1 is 1.09 bits per heavy atom. The van der Waals surface area contributed by atoms with Gasteiger partial charge in [0.2, 0.25) is 0 Å². The molecule has 0 unspecified atom stereocenters. The first-order valence-corrected chi connectivity index (χ1v) is 10.9. The number of carbonyl (C=O) groups excluding carboxylic acids is 1. The van der Waals surface area contributed by atoms with E-state index in [4.69, 9.17) is 13.9 Å². The lowest BCUT2D eigenvalue weighted by atomic mass is 10.1. The van der Waals surface area contributed by atoms with E-state index in [1.54, 1.807) is 18.3 Å². The third-order valence-corrected chi connectivity index (χ3v) is 5.46. The van der Waals surface area contributed by atoms with Crippen LogP contribution in [0.5, 0.6) is 5.75 Å². The van der Waals surface area contributed by atoms with Crippen molar-refractivity contribution in [1.29, 1.82) is 0 Å². The predicted molar refractivity (Wildman–Crippen MR) is 118 cm³/mol. The fourth-order valence-electron chi connectivity index (χ4n) is 2.87. The Balaban J connectivity index is 1.20. The average Bonchev–Trinajstić information content (AvgIpc) is 3.46. The highest BCUT2D eigenvalue weighted by Crippen LogP contribution is 2.21. The van der Waals surface area contributed by atoms with E-state index in [1.165, 1.54) is 29.0 Å². The SMILES string of the molecule is Cc1ccc(-c2cnc(CCC(=O)OCc3csc(COc4ccc(F)cc4)n3)o2)cc1. The Morgan fingerprint density at radius 2 is 1.88 bits per heavy atom. The highest BCUT2D eigenvalue weighted by Gasteiger charge is 2.11. The Morgan fingerprint density at radius 3 is 2.66 bits per heavy atom. The minimum absolute atomic E-state index is 0.0894. The number of carbonyl (C=O) groups is 1. The minimum atomic E-state index is -0.350. The van der Waals surface area contributed by atoms with E-state index in [-0.39, 0.29) is 31.4 Å². The van der Waals surface area contributed by atoms with Gasteiger partial charge in [0.1, 0.15) is 29.8 Å². The molecule has 0 bridgehead atoms. The van der Waals surface area contributed by atoms with Gasteiger partial charge in [-0.25, -0.2) is 14.4 Å². The first-order valence-electron chi connectivity index (χ1n) is 10.0. The number of halogens is 1. The second-order valence-electron chi connectivity index (χ2n) is 7.12. The summed E-state index contributed by atoms with van der Waals surface area (Å²) in [6, 6.07) is 13.8. The molecule has 0 aliphatic carbocycles. The van der Waals surface area contributed by atoms with Crippen molar-refractivity contribution in [2.75, 3.05) is 0 Å². The van der Waals surface area contributed by atoms with E-state index in [9.17, 15) is 9.18 Å². The molecule has 0 aliphatic rings. The average molecular weight is 453 g/mol. The van der Waals surface area contributed by atoms with Gasteiger partial charge in [0.15, 0.2) is 11.7 Å². The van der Waals surface area contributed by atoms with E-state index < -0.39 is 0 Å². The van der Waals surface area contributed by atoms with Crippen LogP contribution in [0.4, 0.5) is 4.39 Å². The van der Waals surface area contributed by atoms with Gasteiger partial charge in [-0.1, -0.05) is 29.8 Å². The summed E-state index contributed by atoms with van der Waals surface area (Å²) < 4.78 is 29.5. The molecular weight excluding hydrogens is 431 g/mol. The lowest BCUT2D eigenvalue weighted by Crippen LogP contribution is -2.06. The van der Waals surface area contributed by atoms with E-state index >= 15 is 0 Å². The topological polar surface area (TPSA) is 74.5 Å². The molecule has 0 fully saturated rings. The second kappa shape index (κ2) is 10.2. The summed E-state index contributed by atoms with van der Waals surface area (Å²) in [5, 5.41) is 2.56. The number of thiazole rings is 1. The van der Waals surface area contributed by atoms with E-state index in [0.717, 1.165) is 10.6 Å². The second-order valence-corrected chi connectivity index (χ2v) is 8.06. The van der Waals surface area contributed by atoms with Crippen molar-refractivity contribution >= 4 is 17.3 Å². The van der Waals surface area contributed by atoms with Crippen molar-refractivity contribution in [2.45, 2.75) is 33.0 Å². The number of hydrogen-bond acceptors (Lipinski definition) is 7. The van der Waals surface area contributed by atoms with Gasteiger partial charge in [0, 0.05) is 17.4 Å². The fraction of sp³-hybridized carbons (Fsp3) is 0.208. The van der Waals surface area contributed by atoms with E-state index in [0.29, 0.717) is 29.5 Å². The summed E-state index contributed by atoms with van der Waals surface area (Å²) >= 11 is 1.41. The Bertz CT molecular complexity index is 1170. The summed E-state index contributed by atoms with van der Waals surface area (Å²) in [7, 11) is 0. The molecule has 0 aliphatic heterocycles.